The number of piperidine rings is 1. The maximum absolute atomic E-state index is 13.7. The number of aliphatic hydroxyl groups excluding tert-OH is 1. The molecule has 2 aromatic carbocycles. The summed E-state index contributed by atoms with van der Waals surface area (Å²) >= 11 is 0. The predicted octanol–water partition coefficient (Wildman–Crippen LogP) is 4.50. The maximum Gasteiger partial charge on any atom is 0.261 e. The van der Waals surface area contributed by atoms with E-state index in [9.17, 15) is 9.90 Å². The molecule has 8 heteroatoms. The number of ether oxygens (including phenoxy) is 3. The molecule has 1 heterocycles. The Morgan fingerprint density at radius 3 is 2.17 bits per heavy atom. The SMILES string of the molecule is CC[C@@H](OCOCCOC)[C@H]1CCC[C@@H](CO)N1C(=O)CCCO[Si](c1ccccc1)(c1ccccc1)C(C)(C)C. The van der Waals surface area contributed by atoms with Crippen molar-refractivity contribution in [3.63, 3.8) is 0 Å². The fourth-order valence-corrected chi connectivity index (χ4v) is 10.8. The molecule has 1 aliphatic rings. The van der Waals surface area contributed by atoms with Gasteiger partial charge in [-0.05, 0) is 47.5 Å². The van der Waals surface area contributed by atoms with Crippen molar-refractivity contribution in [3.8, 4) is 0 Å². The molecular weight excluding hydrogens is 534 g/mol. The minimum absolute atomic E-state index is 0.0401. The van der Waals surface area contributed by atoms with Gasteiger partial charge in [-0.1, -0.05) is 88.4 Å². The quantitative estimate of drug-likeness (QED) is 0.178. The number of nitrogens with zero attached hydrogens (tertiary/aromatic N) is 1. The van der Waals surface area contributed by atoms with Crippen molar-refractivity contribution in [3.05, 3.63) is 60.7 Å². The first-order chi connectivity index (χ1) is 19.8. The van der Waals surface area contributed by atoms with E-state index in [1.807, 2.05) is 17.0 Å². The van der Waals surface area contributed by atoms with Gasteiger partial charge in [-0.2, -0.15) is 0 Å². The highest BCUT2D eigenvalue weighted by Crippen LogP contribution is 2.37. The van der Waals surface area contributed by atoms with Gasteiger partial charge < -0.3 is 28.6 Å². The summed E-state index contributed by atoms with van der Waals surface area (Å²) in [6.45, 7) is 10.4. The molecule has 0 radical (unpaired) electrons. The zero-order valence-corrected chi connectivity index (χ0v) is 26.7. The van der Waals surface area contributed by atoms with Crippen LogP contribution in [-0.4, -0.2) is 82.7 Å². The van der Waals surface area contributed by atoms with Crippen LogP contribution in [0.4, 0.5) is 0 Å². The zero-order valence-electron chi connectivity index (χ0n) is 25.7. The highest BCUT2D eigenvalue weighted by atomic mass is 28.4. The summed E-state index contributed by atoms with van der Waals surface area (Å²) < 4.78 is 23.7. The molecule has 2 aromatic rings. The van der Waals surface area contributed by atoms with Crippen LogP contribution in [0, 0.1) is 0 Å². The summed E-state index contributed by atoms with van der Waals surface area (Å²) in [4.78, 5) is 15.7. The van der Waals surface area contributed by atoms with Crippen molar-refractivity contribution in [2.24, 2.45) is 0 Å². The molecule has 1 fully saturated rings. The number of carbonyl (C=O) groups excluding carboxylic acids is 1. The molecule has 3 rings (SSSR count). The Morgan fingerprint density at radius 2 is 1.63 bits per heavy atom. The second-order valence-corrected chi connectivity index (χ2v) is 16.2. The third kappa shape index (κ3) is 8.49. The number of amides is 1. The fourth-order valence-electron chi connectivity index (χ4n) is 6.22. The Bertz CT molecular complexity index is 976. The topological polar surface area (TPSA) is 77.5 Å². The average Bonchev–Trinajstić information content (AvgIpc) is 2.99. The van der Waals surface area contributed by atoms with Gasteiger partial charge in [0.25, 0.3) is 8.32 Å². The Balaban J connectivity index is 1.72. The van der Waals surface area contributed by atoms with Crippen LogP contribution in [0.15, 0.2) is 60.7 Å². The van der Waals surface area contributed by atoms with Crippen LogP contribution in [0.2, 0.25) is 5.04 Å². The number of rotatable bonds is 16. The molecule has 0 aromatic heterocycles. The number of hydrogen-bond acceptors (Lipinski definition) is 6. The van der Waals surface area contributed by atoms with Crippen LogP contribution in [0.1, 0.15) is 66.2 Å². The van der Waals surface area contributed by atoms with Crippen LogP contribution in [0.5, 0.6) is 0 Å². The molecule has 3 atom stereocenters. The lowest BCUT2D eigenvalue weighted by molar-refractivity contribution is -0.156. The molecule has 0 unspecified atom stereocenters. The summed E-state index contributed by atoms with van der Waals surface area (Å²) in [7, 11) is -1.01. The monoisotopic (exact) mass is 585 g/mol. The van der Waals surface area contributed by atoms with E-state index in [0.29, 0.717) is 32.7 Å². The van der Waals surface area contributed by atoms with Crippen LogP contribution in [-0.2, 0) is 23.4 Å². The normalized spacial score (nSPS) is 18.8. The average molecular weight is 586 g/mol. The van der Waals surface area contributed by atoms with Crippen LogP contribution in [0.25, 0.3) is 0 Å². The summed E-state index contributed by atoms with van der Waals surface area (Å²) in [5.41, 5.74) is 0. The molecule has 0 bridgehead atoms. The smallest absolute Gasteiger partial charge is 0.261 e. The molecule has 1 aliphatic heterocycles. The van der Waals surface area contributed by atoms with E-state index in [2.05, 4.69) is 76.2 Å². The zero-order chi connectivity index (χ0) is 29.7. The number of likely N-dealkylation sites (tertiary alicyclic amines) is 1. The highest BCUT2D eigenvalue weighted by Gasteiger charge is 2.50. The number of methoxy groups -OCH3 is 1. The third-order valence-electron chi connectivity index (χ3n) is 8.19. The fraction of sp³-hybridized carbons (Fsp3) is 0.606. The molecule has 0 saturated carbocycles. The van der Waals surface area contributed by atoms with Crippen LogP contribution < -0.4 is 10.4 Å². The van der Waals surface area contributed by atoms with Crippen LogP contribution in [0.3, 0.4) is 0 Å². The van der Waals surface area contributed by atoms with Gasteiger partial charge in [-0.25, -0.2) is 0 Å². The van der Waals surface area contributed by atoms with E-state index in [-0.39, 0.29) is 42.5 Å². The molecule has 228 valence electrons. The first kappa shape index (κ1) is 33.4. The molecule has 1 N–H and O–H groups in total. The lowest BCUT2D eigenvalue weighted by Crippen LogP contribution is -2.66. The molecule has 41 heavy (non-hydrogen) atoms. The van der Waals surface area contributed by atoms with E-state index in [0.717, 1.165) is 25.7 Å². The summed E-state index contributed by atoms with van der Waals surface area (Å²) in [5.74, 6) is 0.0575. The van der Waals surface area contributed by atoms with Crippen LogP contribution >= 0.6 is 0 Å². The first-order valence-corrected chi connectivity index (χ1v) is 17.1. The molecule has 1 amide bonds. The third-order valence-corrected chi connectivity index (χ3v) is 13.2. The van der Waals surface area contributed by atoms with Gasteiger partial charge in [-0.15, -0.1) is 0 Å². The van der Waals surface area contributed by atoms with Crippen molar-refractivity contribution < 1.29 is 28.5 Å². The van der Waals surface area contributed by atoms with E-state index < -0.39 is 8.32 Å². The standard InChI is InChI=1S/C33H51NO6Si/c1-6-31(39-26-38-24-23-37-5)30-20-13-15-27(25-35)34(30)32(36)21-14-22-40-41(33(2,3)4,28-16-9-7-10-17-28)29-18-11-8-12-19-29/h7-12,16-19,27,30-31,35H,6,13-15,20-26H2,1-5H3/t27-,30+,31+/m0/s1. The minimum Gasteiger partial charge on any atom is -0.407 e. The molecule has 7 nitrogen and oxygen atoms in total. The van der Waals surface area contributed by atoms with E-state index in [1.54, 1.807) is 7.11 Å². The Kier molecular flexibility index (Phi) is 13.5. The maximum atomic E-state index is 13.7. The first-order valence-electron chi connectivity index (χ1n) is 15.2. The predicted molar refractivity (Wildman–Crippen MR) is 166 cm³/mol. The van der Waals surface area contributed by atoms with E-state index >= 15 is 0 Å². The second-order valence-electron chi connectivity index (χ2n) is 11.9. The minimum atomic E-state index is -2.65. The summed E-state index contributed by atoms with van der Waals surface area (Å²) in [6.07, 6.45) is 4.21. The van der Waals surface area contributed by atoms with Gasteiger partial charge in [0.15, 0.2) is 0 Å². The van der Waals surface area contributed by atoms with Crippen molar-refractivity contribution in [1.29, 1.82) is 0 Å². The number of aliphatic hydroxyl groups is 1. The van der Waals surface area contributed by atoms with E-state index in [4.69, 9.17) is 18.6 Å². The molecule has 0 aliphatic carbocycles. The lowest BCUT2D eigenvalue weighted by atomic mass is 9.90. The highest BCUT2D eigenvalue weighted by molar-refractivity contribution is 6.99. The van der Waals surface area contributed by atoms with Crippen molar-refractivity contribution in [2.45, 2.75) is 89.4 Å². The Morgan fingerprint density at radius 1 is 1.00 bits per heavy atom. The van der Waals surface area contributed by atoms with Crippen molar-refractivity contribution in [2.75, 3.05) is 40.3 Å². The van der Waals surface area contributed by atoms with Crippen molar-refractivity contribution >= 4 is 24.6 Å². The van der Waals surface area contributed by atoms with Gasteiger partial charge in [0.1, 0.15) is 6.79 Å². The second kappa shape index (κ2) is 16.5. The Labute approximate surface area is 248 Å². The van der Waals surface area contributed by atoms with E-state index in [1.165, 1.54) is 10.4 Å². The summed E-state index contributed by atoms with van der Waals surface area (Å²) in [5, 5.41) is 12.5. The lowest BCUT2D eigenvalue weighted by Gasteiger charge is -2.45. The van der Waals surface area contributed by atoms with Crippen molar-refractivity contribution in [1.82, 2.24) is 4.90 Å². The van der Waals surface area contributed by atoms with Gasteiger partial charge >= 0.3 is 0 Å². The molecule has 0 spiro atoms. The molecular formula is C33H51NO6Si. The number of benzene rings is 2. The number of hydrogen-bond donors (Lipinski definition) is 1. The Hall–Kier alpha value is -2.07. The molecule has 1 saturated heterocycles. The van der Waals surface area contributed by atoms with Gasteiger partial charge in [0.2, 0.25) is 5.91 Å². The largest absolute Gasteiger partial charge is 0.407 e. The van der Waals surface area contributed by atoms with Gasteiger partial charge in [-0.3, -0.25) is 4.79 Å². The van der Waals surface area contributed by atoms with Gasteiger partial charge in [0.05, 0.1) is 38.0 Å². The van der Waals surface area contributed by atoms with Gasteiger partial charge in [0, 0.05) is 20.1 Å². The summed E-state index contributed by atoms with van der Waals surface area (Å²) in [6, 6.07) is 20.9. The number of carbonyl (C=O) groups is 1.